The van der Waals surface area contributed by atoms with Crippen LogP contribution in [0.25, 0.3) is 38.5 Å². The van der Waals surface area contributed by atoms with E-state index in [4.69, 9.17) is 0 Å². The van der Waals surface area contributed by atoms with Gasteiger partial charge in [-0.3, -0.25) is 0 Å². The topological polar surface area (TPSA) is 7.94 Å². The highest BCUT2D eigenvalue weighted by Gasteiger charge is 2.29. The minimum Gasteiger partial charge on any atom is -0.340 e. The van der Waals surface area contributed by atoms with Gasteiger partial charge in [0, 0.05) is 46.7 Å². The van der Waals surface area contributed by atoms with E-state index in [1.54, 1.807) is 0 Å². The minimum absolute atomic E-state index is 1.08. The van der Waals surface area contributed by atoms with E-state index in [-0.39, 0.29) is 0 Å². The number of nitrogens with zero attached hydrogens (tertiary/aromatic N) is 2. The van der Waals surface area contributed by atoms with Crippen LogP contribution in [0.3, 0.4) is 0 Å². The zero-order valence-corrected chi connectivity index (χ0v) is 33.3. The Kier molecular flexibility index (Phi) is 15.4. The van der Waals surface area contributed by atoms with E-state index in [1.807, 2.05) is 0 Å². The second-order valence-corrected chi connectivity index (χ2v) is 15.7. The summed E-state index contributed by atoms with van der Waals surface area (Å²) in [5.74, 6) is 0. The lowest BCUT2D eigenvalue weighted by molar-refractivity contribution is -0.436. The van der Waals surface area contributed by atoms with Crippen molar-refractivity contribution in [2.24, 2.45) is 0 Å². The summed E-state index contributed by atoms with van der Waals surface area (Å²) in [6.45, 7) is 6.76. The minimum atomic E-state index is 1.08. The van der Waals surface area contributed by atoms with Crippen molar-refractivity contribution >= 4 is 49.9 Å². The molecule has 53 heavy (non-hydrogen) atoms. The molecule has 4 aromatic carbocycles. The lowest BCUT2D eigenvalue weighted by Crippen LogP contribution is -2.16. The van der Waals surface area contributed by atoms with Crippen molar-refractivity contribution in [2.75, 3.05) is 6.54 Å². The highest BCUT2D eigenvalue weighted by Crippen LogP contribution is 2.36. The number of aryl methyl sites for hydroxylation is 1. The van der Waals surface area contributed by atoms with Gasteiger partial charge >= 0.3 is 0 Å². The first-order valence-corrected chi connectivity index (χ1v) is 21.8. The van der Waals surface area contributed by atoms with E-state index in [9.17, 15) is 0 Å². The van der Waals surface area contributed by atoms with Crippen LogP contribution in [0.4, 0.5) is 5.69 Å². The number of benzene rings is 4. The van der Waals surface area contributed by atoms with Gasteiger partial charge in [0.25, 0.3) is 0 Å². The van der Waals surface area contributed by atoms with E-state index in [0.29, 0.717) is 0 Å². The highest BCUT2D eigenvalue weighted by molar-refractivity contribution is 6.19. The van der Waals surface area contributed by atoms with Crippen molar-refractivity contribution in [3.63, 3.8) is 0 Å². The average Bonchev–Trinajstić information content (AvgIpc) is 3.66. The normalized spacial score (nSPS) is 13.5. The third-order valence-corrected chi connectivity index (χ3v) is 11.7. The highest BCUT2D eigenvalue weighted by atomic mass is 15.0. The van der Waals surface area contributed by atoms with Gasteiger partial charge in [-0.05, 0) is 41.8 Å². The summed E-state index contributed by atoms with van der Waals surface area (Å²) in [5, 5.41) is 8.21. The van der Waals surface area contributed by atoms with Crippen LogP contribution in [0.15, 0.2) is 97.1 Å². The molecule has 2 heterocycles. The maximum absolute atomic E-state index is 2.59. The van der Waals surface area contributed by atoms with E-state index >= 15 is 0 Å². The van der Waals surface area contributed by atoms with Gasteiger partial charge in [0.05, 0.1) is 10.9 Å². The molecule has 0 fully saturated rings. The van der Waals surface area contributed by atoms with Gasteiger partial charge in [0.1, 0.15) is 6.54 Å². The summed E-state index contributed by atoms with van der Waals surface area (Å²) in [5.41, 5.74) is 5.46. The molecular formula is C51H67N2+. The van der Waals surface area contributed by atoms with Gasteiger partial charge < -0.3 is 4.57 Å². The Morgan fingerprint density at radius 1 is 0.509 bits per heavy atom. The molecule has 0 radical (unpaired) electrons. The van der Waals surface area contributed by atoms with Crippen LogP contribution in [0.1, 0.15) is 148 Å². The van der Waals surface area contributed by atoms with Crippen LogP contribution >= 0.6 is 0 Å². The van der Waals surface area contributed by atoms with Crippen molar-refractivity contribution in [3.8, 4) is 0 Å². The summed E-state index contributed by atoms with van der Waals surface area (Å²) in [7, 11) is 0. The lowest BCUT2D eigenvalue weighted by atomic mass is 10.0. The lowest BCUT2D eigenvalue weighted by Gasteiger charge is -2.07. The molecule has 0 atom stereocenters. The van der Waals surface area contributed by atoms with Crippen LogP contribution in [-0.2, 0) is 6.54 Å². The van der Waals surface area contributed by atoms with Gasteiger partial charge in [0.15, 0.2) is 0 Å². The molecular weight excluding hydrogens is 641 g/mol. The summed E-state index contributed by atoms with van der Waals surface area (Å²) < 4.78 is 5.18. The maximum Gasteiger partial charge on any atom is 0.214 e. The van der Waals surface area contributed by atoms with Crippen LogP contribution in [0.5, 0.6) is 0 Å². The Hall–Kier alpha value is -3.91. The Morgan fingerprint density at radius 3 is 1.72 bits per heavy atom. The molecule has 0 bridgehead atoms. The third kappa shape index (κ3) is 10.2. The Bertz CT molecular complexity index is 2010. The molecule has 1 aromatic heterocycles. The van der Waals surface area contributed by atoms with Gasteiger partial charge in [-0.2, -0.15) is 4.58 Å². The molecule has 6 rings (SSSR count). The Balaban J connectivity index is 1.13. The monoisotopic (exact) mass is 708 g/mol. The zero-order chi connectivity index (χ0) is 36.5. The predicted molar refractivity (Wildman–Crippen MR) is 234 cm³/mol. The fourth-order valence-corrected chi connectivity index (χ4v) is 8.78. The van der Waals surface area contributed by atoms with Crippen LogP contribution in [0, 0.1) is 0 Å². The zero-order valence-electron chi connectivity index (χ0n) is 33.3. The summed E-state index contributed by atoms with van der Waals surface area (Å²) in [4.78, 5) is 0. The molecule has 2 nitrogen and oxygen atoms in total. The summed E-state index contributed by atoms with van der Waals surface area (Å²) >= 11 is 0. The number of allylic oxidation sites excluding steroid dienone is 4. The predicted octanol–water partition coefficient (Wildman–Crippen LogP) is 14.5. The van der Waals surface area contributed by atoms with Gasteiger partial charge in [-0.1, -0.05) is 196 Å². The largest absolute Gasteiger partial charge is 0.340 e. The van der Waals surface area contributed by atoms with Gasteiger partial charge in [-0.15, -0.1) is 0 Å². The molecule has 5 aromatic rings. The Labute approximate surface area is 321 Å². The second-order valence-electron chi connectivity index (χ2n) is 15.7. The molecule has 0 saturated heterocycles. The molecule has 0 spiro atoms. The molecule has 1 aliphatic rings. The van der Waals surface area contributed by atoms with E-state index < -0.39 is 0 Å². The fraction of sp³-hybridized carbons (Fsp3) is 0.471. The molecule has 280 valence electrons. The second kappa shape index (κ2) is 21.1. The average molecular weight is 708 g/mol. The number of rotatable bonds is 25. The Morgan fingerprint density at radius 2 is 1.06 bits per heavy atom. The molecule has 0 saturated carbocycles. The molecule has 1 aliphatic heterocycles. The van der Waals surface area contributed by atoms with Crippen LogP contribution in [0.2, 0.25) is 0 Å². The molecule has 2 heteroatoms. The van der Waals surface area contributed by atoms with Gasteiger partial charge in [0.2, 0.25) is 11.4 Å². The number of hydrogen-bond donors (Lipinski definition) is 0. The first-order chi connectivity index (χ1) is 26.3. The van der Waals surface area contributed by atoms with Crippen LogP contribution < -0.4 is 5.35 Å². The van der Waals surface area contributed by atoms with E-state index in [2.05, 4.69) is 126 Å². The maximum atomic E-state index is 2.59. The SMILES string of the molecule is CCCCCCCCCCCCn1c(=CC=CC=CC2=[N+](CCCCCCCCCCCC)c3cccc4cccc2c34)c2cccc3cccc1c32. The first-order valence-electron chi connectivity index (χ1n) is 21.8. The van der Waals surface area contributed by atoms with Gasteiger partial charge in [-0.25, -0.2) is 0 Å². The molecule has 0 N–H and O–H groups in total. The van der Waals surface area contributed by atoms with Crippen LogP contribution in [-0.4, -0.2) is 21.4 Å². The third-order valence-electron chi connectivity index (χ3n) is 11.7. The fourth-order valence-electron chi connectivity index (χ4n) is 8.78. The number of hydrogen-bond acceptors (Lipinski definition) is 0. The van der Waals surface area contributed by atoms with Crippen molar-refractivity contribution in [3.05, 3.63) is 108 Å². The first kappa shape index (κ1) is 38.8. The van der Waals surface area contributed by atoms with Crippen molar-refractivity contribution in [1.29, 1.82) is 0 Å². The standard InChI is InChI=1S/C51H67N2/c1-3-5-7-9-11-13-15-17-19-24-40-52-46(44-34-26-30-42-32-28-38-48(52)50(42)44)36-22-21-23-37-47-45-35-27-31-43-33-29-39-49(51(43)45)53(47)41-25-20-18-16-14-12-10-8-6-4-2/h21-23,26-39H,3-20,24-25,40-41H2,1-2H3/q+1. The van der Waals surface area contributed by atoms with Crippen molar-refractivity contribution in [2.45, 2.75) is 149 Å². The molecule has 0 aliphatic carbocycles. The van der Waals surface area contributed by atoms with Crippen molar-refractivity contribution < 1.29 is 4.58 Å². The quantitative estimate of drug-likeness (QED) is 0.0324. The molecule has 0 amide bonds. The summed E-state index contributed by atoms with van der Waals surface area (Å²) in [6.07, 6.45) is 38.8. The molecule has 0 unspecified atom stereocenters. The number of aromatic nitrogens is 1. The van der Waals surface area contributed by atoms with Crippen molar-refractivity contribution in [1.82, 2.24) is 4.57 Å². The summed E-state index contributed by atoms with van der Waals surface area (Å²) in [6, 6.07) is 27.2. The number of unbranched alkanes of at least 4 members (excludes halogenated alkanes) is 18. The van der Waals surface area contributed by atoms with E-state index in [0.717, 1.165) is 13.1 Å². The van der Waals surface area contributed by atoms with E-state index in [1.165, 1.54) is 183 Å². The smallest absolute Gasteiger partial charge is 0.214 e.